The molecule has 0 unspecified atom stereocenters. The van der Waals surface area contributed by atoms with Crippen LogP contribution in [0.5, 0.6) is 0 Å². The van der Waals surface area contributed by atoms with Gasteiger partial charge in [0.1, 0.15) is 0 Å². The van der Waals surface area contributed by atoms with E-state index in [9.17, 15) is 4.79 Å². The molecule has 1 saturated heterocycles. The average molecular weight is 272 g/mol. The molecule has 2 heterocycles. The van der Waals surface area contributed by atoms with Gasteiger partial charge in [0.05, 0.1) is 17.3 Å². The van der Waals surface area contributed by atoms with Crippen molar-refractivity contribution in [1.29, 1.82) is 0 Å². The molecule has 1 fully saturated rings. The zero-order chi connectivity index (χ0) is 13.9. The number of hydrogen-bond donors (Lipinski definition) is 2. The number of nitrogens with one attached hydrogen (secondary N) is 2. The number of aromatic nitrogens is 2. The maximum atomic E-state index is 12.2. The lowest BCUT2D eigenvalue weighted by Gasteiger charge is -2.12. The Labute approximate surface area is 116 Å². The molecule has 1 atom stereocenters. The van der Waals surface area contributed by atoms with Gasteiger partial charge < -0.3 is 15.2 Å². The molecule has 0 spiro atoms. The number of carbonyl (C=O) groups excluding carboxylic acids is 1. The molecule has 3 rings (SSSR count). The number of aryl methyl sites for hydroxylation is 1. The second-order valence-electron chi connectivity index (χ2n) is 4.83. The Hall–Kier alpha value is -2.21. The number of nitrogens with zero attached hydrogens (tertiary/aromatic N) is 2. The van der Waals surface area contributed by atoms with E-state index >= 15 is 0 Å². The van der Waals surface area contributed by atoms with Gasteiger partial charge >= 0.3 is 0 Å². The predicted molar refractivity (Wildman–Crippen MR) is 74.1 cm³/mol. The van der Waals surface area contributed by atoms with Gasteiger partial charge in [-0.3, -0.25) is 4.79 Å². The number of hydrogen-bond acceptors (Lipinski definition) is 5. The fourth-order valence-corrected chi connectivity index (χ4v) is 2.31. The predicted octanol–water partition coefficient (Wildman–Crippen LogP) is 1.74. The maximum Gasteiger partial charge on any atom is 0.260 e. The molecular formula is C14H16N4O2. The quantitative estimate of drug-likeness (QED) is 0.889. The van der Waals surface area contributed by atoms with Crippen LogP contribution < -0.4 is 10.6 Å². The van der Waals surface area contributed by atoms with Crippen LogP contribution in [-0.4, -0.2) is 28.6 Å². The molecule has 104 valence electrons. The first-order valence-electron chi connectivity index (χ1n) is 6.68. The molecule has 0 radical (unpaired) electrons. The topological polar surface area (TPSA) is 80.0 Å². The Balaban J connectivity index is 1.84. The number of benzene rings is 1. The summed E-state index contributed by atoms with van der Waals surface area (Å²) in [6.45, 7) is 2.65. The van der Waals surface area contributed by atoms with Crippen LogP contribution in [0.2, 0.25) is 0 Å². The van der Waals surface area contributed by atoms with Crippen molar-refractivity contribution in [3.8, 4) is 11.5 Å². The molecule has 1 aliphatic rings. The number of rotatable bonds is 3. The number of anilines is 1. The summed E-state index contributed by atoms with van der Waals surface area (Å²) in [5.41, 5.74) is 1.43. The molecule has 20 heavy (non-hydrogen) atoms. The summed E-state index contributed by atoms with van der Waals surface area (Å²) < 4.78 is 5.17. The number of carbonyl (C=O) groups is 1. The molecule has 0 aliphatic carbocycles. The molecule has 1 aliphatic heterocycles. The van der Waals surface area contributed by atoms with E-state index in [1.807, 2.05) is 24.3 Å². The van der Waals surface area contributed by atoms with Crippen LogP contribution in [-0.2, 0) is 4.79 Å². The summed E-state index contributed by atoms with van der Waals surface area (Å²) in [7, 11) is 0. The molecule has 1 amide bonds. The zero-order valence-electron chi connectivity index (χ0n) is 11.2. The standard InChI is InChI=1S/C14H16N4O2/c1-9-16-14(20-18-9)10-5-2-3-6-11(10)17-13(19)12-7-4-8-15-12/h2-3,5-6,12,15H,4,7-8H2,1H3,(H,17,19)/t12-/m0/s1. The van der Waals surface area contributed by atoms with Crippen molar-refractivity contribution in [3.63, 3.8) is 0 Å². The van der Waals surface area contributed by atoms with Crippen molar-refractivity contribution in [3.05, 3.63) is 30.1 Å². The summed E-state index contributed by atoms with van der Waals surface area (Å²) in [6.07, 6.45) is 1.90. The van der Waals surface area contributed by atoms with Gasteiger partial charge in [0.25, 0.3) is 5.89 Å². The van der Waals surface area contributed by atoms with Crippen molar-refractivity contribution in [2.45, 2.75) is 25.8 Å². The summed E-state index contributed by atoms with van der Waals surface area (Å²) in [6, 6.07) is 7.31. The molecule has 0 bridgehead atoms. The van der Waals surface area contributed by atoms with Crippen molar-refractivity contribution >= 4 is 11.6 Å². The third-order valence-corrected chi connectivity index (χ3v) is 3.32. The van der Waals surface area contributed by atoms with Gasteiger partial charge in [-0.15, -0.1) is 0 Å². The monoisotopic (exact) mass is 272 g/mol. The molecule has 1 aromatic carbocycles. The molecule has 1 aromatic heterocycles. The van der Waals surface area contributed by atoms with E-state index in [4.69, 9.17) is 4.52 Å². The van der Waals surface area contributed by atoms with Gasteiger partial charge in [0.15, 0.2) is 5.82 Å². The van der Waals surface area contributed by atoms with Gasteiger partial charge in [-0.1, -0.05) is 17.3 Å². The number of amides is 1. The third kappa shape index (κ3) is 2.55. The van der Waals surface area contributed by atoms with Crippen LogP contribution in [0.4, 0.5) is 5.69 Å². The van der Waals surface area contributed by atoms with Crippen LogP contribution in [0.15, 0.2) is 28.8 Å². The lowest BCUT2D eigenvalue weighted by atomic mass is 10.1. The van der Waals surface area contributed by atoms with E-state index in [0.29, 0.717) is 17.4 Å². The highest BCUT2D eigenvalue weighted by atomic mass is 16.5. The van der Waals surface area contributed by atoms with Crippen molar-refractivity contribution in [2.24, 2.45) is 0 Å². The van der Waals surface area contributed by atoms with Gasteiger partial charge in [-0.2, -0.15) is 4.98 Å². The van der Waals surface area contributed by atoms with Crippen molar-refractivity contribution in [2.75, 3.05) is 11.9 Å². The second-order valence-corrected chi connectivity index (χ2v) is 4.83. The highest BCUT2D eigenvalue weighted by Gasteiger charge is 2.23. The zero-order valence-corrected chi connectivity index (χ0v) is 11.2. The largest absolute Gasteiger partial charge is 0.334 e. The van der Waals surface area contributed by atoms with Crippen LogP contribution in [0.1, 0.15) is 18.7 Å². The smallest absolute Gasteiger partial charge is 0.260 e. The Morgan fingerprint density at radius 1 is 1.45 bits per heavy atom. The lowest BCUT2D eigenvalue weighted by molar-refractivity contribution is -0.117. The SMILES string of the molecule is Cc1noc(-c2ccccc2NC(=O)[C@@H]2CCCN2)n1. The second kappa shape index (κ2) is 5.42. The van der Waals surface area contributed by atoms with E-state index in [0.717, 1.165) is 24.9 Å². The van der Waals surface area contributed by atoms with E-state index in [-0.39, 0.29) is 11.9 Å². The van der Waals surface area contributed by atoms with E-state index in [2.05, 4.69) is 20.8 Å². The highest BCUT2D eigenvalue weighted by Crippen LogP contribution is 2.26. The summed E-state index contributed by atoms with van der Waals surface area (Å²) in [5.74, 6) is 0.961. The molecule has 2 N–H and O–H groups in total. The minimum Gasteiger partial charge on any atom is -0.334 e. The minimum atomic E-state index is -0.118. The fourth-order valence-electron chi connectivity index (χ4n) is 2.31. The Morgan fingerprint density at radius 2 is 2.30 bits per heavy atom. The first-order chi connectivity index (χ1) is 9.74. The Bertz CT molecular complexity index is 617. The summed E-state index contributed by atoms with van der Waals surface area (Å²) >= 11 is 0. The molecule has 0 saturated carbocycles. The molecule has 6 nitrogen and oxygen atoms in total. The first kappa shape index (κ1) is 12.8. The fraction of sp³-hybridized carbons (Fsp3) is 0.357. The van der Waals surface area contributed by atoms with E-state index < -0.39 is 0 Å². The van der Waals surface area contributed by atoms with Crippen LogP contribution in [0, 0.1) is 6.92 Å². The van der Waals surface area contributed by atoms with E-state index in [1.54, 1.807) is 6.92 Å². The summed E-state index contributed by atoms with van der Waals surface area (Å²) in [5, 5.41) is 9.89. The normalized spacial score (nSPS) is 18.1. The van der Waals surface area contributed by atoms with Crippen LogP contribution in [0.3, 0.4) is 0 Å². The molecule has 2 aromatic rings. The van der Waals surface area contributed by atoms with Gasteiger partial charge in [-0.05, 0) is 38.4 Å². The molecule has 6 heteroatoms. The van der Waals surface area contributed by atoms with Crippen molar-refractivity contribution in [1.82, 2.24) is 15.5 Å². The average Bonchev–Trinajstić information content (AvgIpc) is 3.10. The van der Waals surface area contributed by atoms with Crippen LogP contribution >= 0.6 is 0 Å². The highest BCUT2D eigenvalue weighted by molar-refractivity contribution is 5.98. The van der Waals surface area contributed by atoms with E-state index in [1.165, 1.54) is 0 Å². The third-order valence-electron chi connectivity index (χ3n) is 3.32. The number of para-hydroxylation sites is 1. The van der Waals surface area contributed by atoms with Gasteiger partial charge in [0.2, 0.25) is 5.91 Å². The Morgan fingerprint density at radius 3 is 3.00 bits per heavy atom. The summed E-state index contributed by atoms with van der Waals surface area (Å²) in [4.78, 5) is 16.4. The lowest BCUT2D eigenvalue weighted by Crippen LogP contribution is -2.35. The van der Waals surface area contributed by atoms with Crippen molar-refractivity contribution < 1.29 is 9.32 Å². The van der Waals surface area contributed by atoms with Crippen LogP contribution in [0.25, 0.3) is 11.5 Å². The Kier molecular flexibility index (Phi) is 3.47. The first-order valence-corrected chi connectivity index (χ1v) is 6.68. The maximum absolute atomic E-state index is 12.2. The van der Waals surface area contributed by atoms with Gasteiger partial charge in [-0.25, -0.2) is 0 Å². The molecular weight excluding hydrogens is 256 g/mol. The minimum absolute atomic E-state index is 0.0220. The van der Waals surface area contributed by atoms with Gasteiger partial charge in [0, 0.05) is 0 Å².